The van der Waals surface area contributed by atoms with Crippen LogP contribution in [0, 0.1) is 0 Å². The summed E-state index contributed by atoms with van der Waals surface area (Å²) in [5.41, 5.74) is 1.84. The number of Topliss-reactive ketones (excluding diaryl/α,β-unsaturated/α-hetero) is 1. The molecule has 0 aliphatic carbocycles. The van der Waals surface area contributed by atoms with Gasteiger partial charge in [0.2, 0.25) is 0 Å². The molecule has 1 aromatic carbocycles. The van der Waals surface area contributed by atoms with E-state index in [1.807, 2.05) is 24.3 Å². The van der Waals surface area contributed by atoms with Crippen molar-refractivity contribution in [3.8, 4) is 0 Å². The highest BCUT2D eigenvalue weighted by atomic mass is 35.5. The number of hydrogen-bond donors (Lipinski definition) is 0. The highest BCUT2D eigenvalue weighted by Crippen LogP contribution is 2.29. The number of benzene rings is 1. The molecule has 0 unspecified atom stereocenters. The second-order valence-electron chi connectivity index (χ2n) is 4.88. The number of ketones is 1. The molecule has 0 fully saturated rings. The first-order valence-corrected chi connectivity index (χ1v) is 7.65. The molecule has 6 heteroatoms. The number of hydrogen-bond acceptors (Lipinski definition) is 3. The second-order valence-corrected chi connectivity index (χ2v) is 6.60. The molecule has 0 spiro atoms. The van der Waals surface area contributed by atoms with E-state index in [9.17, 15) is 9.59 Å². The normalized spacial score (nSPS) is 14.3. The first-order chi connectivity index (χ1) is 10.1. The molecule has 1 aliphatic heterocycles. The average molecular weight is 321 g/mol. The van der Waals surface area contributed by atoms with E-state index in [2.05, 4.69) is 0 Å². The van der Waals surface area contributed by atoms with Crippen LogP contribution in [-0.2, 0) is 6.54 Å². The van der Waals surface area contributed by atoms with Crippen LogP contribution in [0.25, 0.3) is 0 Å². The maximum Gasteiger partial charge on any atom is 0.324 e. The van der Waals surface area contributed by atoms with Crippen molar-refractivity contribution in [2.75, 3.05) is 18.5 Å². The summed E-state index contributed by atoms with van der Waals surface area (Å²) in [5, 5.41) is 0. The van der Waals surface area contributed by atoms with Crippen LogP contribution in [0.3, 0.4) is 0 Å². The van der Waals surface area contributed by atoms with Gasteiger partial charge in [-0.2, -0.15) is 0 Å². The number of nitrogens with zero attached hydrogens (tertiary/aromatic N) is 2. The van der Waals surface area contributed by atoms with Crippen LogP contribution in [0.15, 0.2) is 36.4 Å². The molecule has 2 aromatic rings. The molecular weight excluding hydrogens is 308 g/mol. The number of carbonyl (C=O) groups excluding carboxylic acids is 2. The summed E-state index contributed by atoms with van der Waals surface area (Å²) in [5.74, 6) is -0.106. The highest BCUT2D eigenvalue weighted by molar-refractivity contribution is 7.18. The molecule has 3 rings (SSSR count). The van der Waals surface area contributed by atoms with Gasteiger partial charge >= 0.3 is 6.03 Å². The summed E-state index contributed by atoms with van der Waals surface area (Å²) in [7, 11) is 1.73. The van der Waals surface area contributed by atoms with Crippen molar-refractivity contribution >= 4 is 40.4 Å². The third-order valence-corrected chi connectivity index (χ3v) is 4.67. The van der Waals surface area contributed by atoms with Crippen LogP contribution < -0.4 is 4.90 Å². The number of halogens is 1. The zero-order valence-corrected chi connectivity index (χ0v) is 12.9. The molecule has 0 saturated heterocycles. The van der Waals surface area contributed by atoms with Crippen molar-refractivity contribution in [1.82, 2.24) is 4.90 Å². The SMILES string of the molecule is CN1Cc2ccccc2N(CC(=O)c2ccc(Cl)s2)C1=O. The molecule has 108 valence electrons. The van der Waals surface area contributed by atoms with Crippen LogP contribution in [0.5, 0.6) is 0 Å². The molecule has 4 nitrogen and oxygen atoms in total. The molecule has 0 saturated carbocycles. The van der Waals surface area contributed by atoms with E-state index in [1.165, 1.54) is 16.2 Å². The van der Waals surface area contributed by atoms with Crippen molar-refractivity contribution < 1.29 is 9.59 Å². The van der Waals surface area contributed by atoms with E-state index < -0.39 is 0 Å². The monoisotopic (exact) mass is 320 g/mol. The summed E-state index contributed by atoms with van der Waals surface area (Å²) in [6.45, 7) is 0.585. The molecule has 2 heterocycles. The lowest BCUT2D eigenvalue weighted by Gasteiger charge is -2.34. The molecule has 1 aromatic heterocycles. The number of carbonyl (C=O) groups is 2. The minimum atomic E-state index is -0.162. The maximum atomic E-state index is 12.3. The summed E-state index contributed by atoms with van der Waals surface area (Å²) in [6, 6.07) is 10.9. The zero-order valence-electron chi connectivity index (χ0n) is 11.4. The number of anilines is 1. The summed E-state index contributed by atoms with van der Waals surface area (Å²) in [6.07, 6.45) is 0. The van der Waals surface area contributed by atoms with Crippen molar-refractivity contribution in [2.24, 2.45) is 0 Å². The predicted octanol–water partition coefficient (Wildman–Crippen LogP) is 3.66. The molecule has 0 radical (unpaired) electrons. The van der Waals surface area contributed by atoms with Crippen molar-refractivity contribution in [1.29, 1.82) is 0 Å². The highest BCUT2D eigenvalue weighted by Gasteiger charge is 2.29. The Morgan fingerprint density at radius 3 is 2.76 bits per heavy atom. The van der Waals surface area contributed by atoms with Crippen LogP contribution in [0.2, 0.25) is 4.34 Å². The minimum Gasteiger partial charge on any atom is -0.323 e. The number of thiophene rings is 1. The largest absolute Gasteiger partial charge is 0.324 e. The zero-order chi connectivity index (χ0) is 15.0. The Hall–Kier alpha value is -1.85. The molecule has 0 atom stereocenters. The third kappa shape index (κ3) is 2.66. The Balaban J connectivity index is 1.90. The lowest BCUT2D eigenvalue weighted by molar-refractivity contribution is 0.100. The Kier molecular flexibility index (Phi) is 3.69. The van der Waals surface area contributed by atoms with Gasteiger partial charge in [0, 0.05) is 13.6 Å². The maximum absolute atomic E-state index is 12.3. The van der Waals surface area contributed by atoms with E-state index in [-0.39, 0.29) is 18.4 Å². The number of para-hydroxylation sites is 1. The van der Waals surface area contributed by atoms with Crippen LogP contribution in [-0.4, -0.2) is 30.3 Å². The van der Waals surface area contributed by atoms with Gasteiger partial charge in [-0.3, -0.25) is 9.69 Å². The predicted molar refractivity (Wildman–Crippen MR) is 84.3 cm³/mol. The third-order valence-electron chi connectivity index (χ3n) is 3.40. The van der Waals surface area contributed by atoms with Gasteiger partial charge in [-0.05, 0) is 23.8 Å². The Bertz CT molecular complexity index is 713. The van der Waals surface area contributed by atoms with Gasteiger partial charge in [-0.1, -0.05) is 29.8 Å². The van der Waals surface area contributed by atoms with Crippen molar-refractivity contribution in [2.45, 2.75) is 6.54 Å². The smallest absolute Gasteiger partial charge is 0.323 e. The van der Waals surface area contributed by atoms with Gasteiger partial charge in [0.15, 0.2) is 5.78 Å². The average Bonchev–Trinajstić information content (AvgIpc) is 2.90. The number of fused-ring (bicyclic) bond motifs is 1. The topological polar surface area (TPSA) is 40.6 Å². The number of urea groups is 1. The Labute approximate surface area is 131 Å². The van der Waals surface area contributed by atoms with Crippen molar-refractivity contribution in [3.05, 3.63) is 51.2 Å². The van der Waals surface area contributed by atoms with E-state index in [0.29, 0.717) is 15.8 Å². The van der Waals surface area contributed by atoms with Crippen molar-refractivity contribution in [3.63, 3.8) is 0 Å². The lowest BCUT2D eigenvalue weighted by Crippen LogP contribution is -2.47. The Morgan fingerprint density at radius 1 is 1.29 bits per heavy atom. The fraction of sp³-hybridized carbons (Fsp3) is 0.200. The summed E-state index contributed by atoms with van der Waals surface area (Å²) >= 11 is 7.09. The fourth-order valence-corrected chi connectivity index (χ4v) is 3.35. The van der Waals surface area contributed by atoms with E-state index >= 15 is 0 Å². The molecule has 2 amide bonds. The summed E-state index contributed by atoms with van der Waals surface area (Å²) in [4.78, 5) is 28.4. The fourth-order valence-electron chi connectivity index (χ4n) is 2.38. The Morgan fingerprint density at radius 2 is 2.05 bits per heavy atom. The van der Waals surface area contributed by atoms with Gasteiger partial charge in [-0.15, -0.1) is 11.3 Å². The number of amides is 2. The molecular formula is C15H13ClN2O2S. The van der Waals surface area contributed by atoms with Crippen LogP contribution >= 0.6 is 22.9 Å². The quantitative estimate of drug-likeness (QED) is 0.810. The van der Waals surface area contributed by atoms with Gasteiger partial charge in [0.25, 0.3) is 0 Å². The molecule has 1 aliphatic rings. The molecule has 0 N–H and O–H groups in total. The lowest BCUT2D eigenvalue weighted by atomic mass is 10.1. The minimum absolute atomic E-state index is 0.0248. The van der Waals surface area contributed by atoms with Gasteiger partial charge < -0.3 is 4.90 Å². The molecule has 21 heavy (non-hydrogen) atoms. The van der Waals surface area contributed by atoms with E-state index in [4.69, 9.17) is 11.6 Å². The van der Waals surface area contributed by atoms with Gasteiger partial charge in [0.1, 0.15) is 0 Å². The van der Waals surface area contributed by atoms with Gasteiger partial charge in [-0.25, -0.2) is 4.79 Å². The van der Waals surface area contributed by atoms with E-state index in [0.717, 1.165) is 11.3 Å². The summed E-state index contributed by atoms with van der Waals surface area (Å²) < 4.78 is 0.570. The number of rotatable bonds is 3. The standard InChI is InChI=1S/C15H13ClN2O2S/c1-17-8-10-4-2-3-5-11(10)18(15(17)20)9-12(19)13-6-7-14(16)21-13/h2-7H,8-9H2,1H3. The van der Waals surface area contributed by atoms with E-state index in [1.54, 1.807) is 24.1 Å². The first kappa shape index (κ1) is 14.1. The molecule has 0 bridgehead atoms. The van der Waals surface area contributed by atoms with Crippen LogP contribution in [0.4, 0.5) is 10.5 Å². The second kappa shape index (κ2) is 5.50. The van der Waals surface area contributed by atoms with Crippen LogP contribution in [0.1, 0.15) is 15.2 Å². The van der Waals surface area contributed by atoms with Gasteiger partial charge in [0.05, 0.1) is 21.4 Å². The first-order valence-electron chi connectivity index (χ1n) is 6.45.